The number of sulfonamides is 1. The van der Waals surface area contributed by atoms with Gasteiger partial charge in [0.1, 0.15) is 10.7 Å². The molecule has 1 rings (SSSR count). The van der Waals surface area contributed by atoms with E-state index in [9.17, 15) is 12.8 Å². The van der Waals surface area contributed by atoms with Crippen molar-refractivity contribution in [2.75, 3.05) is 33.9 Å². The molecular formula is C13H21FN2O4S. The Morgan fingerprint density at radius 3 is 2.29 bits per heavy atom. The van der Waals surface area contributed by atoms with Gasteiger partial charge in [-0.1, -0.05) is 6.92 Å². The molecule has 0 saturated carbocycles. The molecule has 0 aliphatic rings. The van der Waals surface area contributed by atoms with Gasteiger partial charge >= 0.3 is 0 Å². The van der Waals surface area contributed by atoms with Crippen LogP contribution in [0.4, 0.5) is 4.39 Å². The number of ether oxygens (including phenoxy) is 2. The van der Waals surface area contributed by atoms with Crippen LogP contribution >= 0.6 is 0 Å². The summed E-state index contributed by atoms with van der Waals surface area (Å²) in [7, 11) is -1.23. The standard InChI is InChI=1S/C13H21FN2O4S/c1-4-5-15-6-7-16-21(17,18)13-9-12(20-3)11(19-2)8-10(13)14/h8-9,15-16H,4-7H2,1-3H3. The van der Waals surface area contributed by atoms with Crippen molar-refractivity contribution in [3.05, 3.63) is 17.9 Å². The Bertz CT molecular complexity index is 564. The zero-order chi connectivity index (χ0) is 15.9. The Morgan fingerprint density at radius 1 is 1.10 bits per heavy atom. The van der Waals surface area contributed by atoms with Gasteiger partial charge < -0.3 is 14.8 Å². The molecule has 6 nitrogen and oxygen atoms in total. The third-order valence-electron chi connectivity index (χ3n) is 2.75. The molecule has 21 heavy (non-hydrogen) atoms. The van der Waals surface area contributed by atoms with Crippen LogP contribution in [0.3, 0.4) is 0 Å². The lowest BCUT2D eigenvalue weighted by Crippen LogP contribution is -2.32. The number of hydrogen-bond donors (Lipinski definition) is 2. The van der Waals surface area contributed by atoms with Crippen LogP contribution in [0.5, 0.6) is 11.5 Å². The van der Waals surface area contributed by atoms with Crippen LogP contribution < -0.4 is 19.5 Å². The SMILES string of the molecule is CCCNCCNS(=O)(=O)c1cc(OC)c(OC)cc1F. The topological polar surface area (TPSA) is 76.7 Å². The third-order valence-corrected chi connectivity index (χ3v) is 4.22. The second-order valence-electron chi connectivity index (χ2n) is 4.29. The molecule has 0 atom stereocenters. The van der Waals surface area contributed by atoms with Crippen molar-refractivity contribution in [2.45, 2.75) is 18.2 Å². The maximum Gasteiger partial charge on any atom is 0.243 e. The van der Waals surface area contributed by atoms with Gasteiger partial charge in [0.25, 0.3) is 0 Å². The van der Waals surface area contributed by atoms with Crippen molar-refractivity contribution in [1.29, 1.82) is 0 Å². The van der Waals surface area contributed by atoms with Crippen molar-refractivity contribution >= 4 is 10.0 Å². The second-order valence-corrected chi connectivity index (χ2v) is 6.02. The lowest BCUT2D eigenvalue weighted by molar-refractivity contribution is 0.350. The van der Waals surface area contributed by atoms with Crippen molar-refractivity contribution in [1.82, 2.24) is 10.0 Å². The molecule has 0 spiro atoms. The van der Waals surface area contributed by atoms with Crippen LogP contribution in [0.25, 0.3) is 0 Å². The molecule has 1 aromatic carbocycles. The normalized spacial score (nSPS) is 11.4. The lowest BCUT2D eigenvalue weighted by Gasteiger charge is -2.12. The summed E-state index contributed by atoms with van der Waals surface area (Å²) >= 11 is 0. The van der Waals surface area contributed by atoms with Crippen molar-refractivity contribution < 1.29 is 22.3 Å². The van der Waals surface area contributed by atoms with E-state index < -0.39 is 20.7 Å². The van der Waals surface area contributed by atoms with Crippen molar-refractivity contribution in [2.24, 2.45) is 0 Å². The fraction of sp³-hybridized carbons (Fsp3) is 0.538. The van der Waals surface area contributed by atoms with E-state index in [1.807, 2.05) is 6.92 Å². The first-order valence-corrected chi connectivity index (χ1v) is 8.06. The Balaban J connectivity index is 2.87. The summed E-state index contributed by atoms with van der Waals surface area (Å²) in [5.41, 5.74) is 0. The summed E-state index contributed by atoms with van der Waals surface area (Å²) in [5, 5.41) is 3.05. The zero-order valence-electron chi connectivity index (χ0n) is 12.4. The van der Waals surface area contributed by atoms with Gasteiger partial charge in [0.2, 0.25) is 10.0 Å². The molecule has 1 aromatic rings. The van der Waals surface area contributed by atoms with E-state index in [1.165, 1.54) is 14.2 Å². The highest BCUT2D eigenvalue weighted by Gasteiger charge is 2.22. The number of rotatable bonds is 9. The summed E-state index contributed by atoms with van der Waals surface area (Å²) in [6.07, 6.45) is 0.955. The molecule has 0 aliphatic carbocycles. The lowest BCUT2D eigenvalue weighted by atomic mass is 10.3. The molecule has 8 heteroatoms. The molecule has 0 aromatic heterocycles. The van der Waals surface area contributed by atoms with E-state index >= 15 is 0 Å². The molecule has 0 aliphatic heterocycles. The Kier molecular flexibility index (Phi) is 6.86. The molecule has 0 unspecified atom stereocenters. The average Bonchev–Trinajstić information content (AvgIpc) is 2.46. The van der Waals surface area contributed by atoms with Crippen LogP contribution in [-0.4, -0.2) is 42.3 Å². The van der Waals surface area contributed by atoms with Gasteiger partial charge in [-0.15, -0.1) is 0 Å². The molecule has 120 valence electrons. The van der Waals surface area contributed by atoms with Crippen LogP contribution in [0, 0.1) is 5.82 Å². The highest BCUT2D eigenvalue weighted by Crippen LogP contribution is 2.31. The first-order chi connectivity index (χ1) is 9.96. The van der Waals surface area contributed by atoms with E-state index in [4.69, 9.17) is 9.47 Å². The van der Waals surface area contributed by atoms with E-state index in [0.717, 1.165) is 25.1 Å². The molecule has 2 N–H and O–H groups in total. The molecule has 0 radical (unpaired) electrons. The fourth-order valence-corrected chi connectivity index (χ4v) is 2.80. The van der Waals surface area contributed by atoms with Gasteiger partial charge in [-0.05, 0) is 13.0 Å². The van der Waals surface area contributed by atoms with Gasteiger partial charge in [-0.25, -0.2) is 17.5 Å². The van der Waals surface area contributed by atoms with Gasteiger partial charge in [0.15, 0.2) is 11.5 Å². The molecule has 0 heterocycles. The Hall–Kier alpha value is -1.38. The molecule has 0 saturated heterocycles. The minimum Gasteiger partial charge on any atom is -0.493 e. The van der Waals surface area contributed by atoms with E-state index in [2.05, 4.69) is 10.0 Å². The fourth-order valence-electron chi connectivity index (χ4n) is 1.69. The van der Waals surface area contributed by atoms with E-state index in [0.29, 0.717) is 6.54 Å². The maximum absolute atomic E-state index is 13.9. The summed E-state index contributed by atoms with van der Waals surface area (Å²) in [5.74, 6) is -0.594. The zero-order valence-corrected chi connectivity index (χ0v) is 13.2. The highest BCUT2D eigenvalue weighted by atomic mass is 32.2. The van der Waals surface area contributed by atoms with Crippen LogP contribution in [0.2, 0.25) is 0 Å². The summed E-state index contributed by atoms with van der Waals surface area (Å²) in [4.78, 5) is -0.462. The van der Waals surface area contributed by atoms with Gasteiger partial charge in [0, 0.05) is 25.2 Å². The number of nitrogens with one attached hydrogen (secondary N) is 2. The van der Waals surface area contributed by atoms with Crippen LogP contribution in [0.15, 0.2) is 17.0 Å². The second kappa shape index (κ2) is 8.16. The van der Waals surface area contributed by atoms with Gasteiger partial charge in [0.05, 0.1) is 14.2 Å². The smallest absolute Gasteiger partial charge is 0.243 e. The molecule has 0 bridgehead atoms. The average molecular weight is 320 g/mol. The number of halogens is 1. The summed E-state index contributed by atoms with van der Waals surface area (Å²) in [6.45, 7) is 3.46. The van der Waals surface area contributed by atoms with E-state index in [1.54, 1.807) is 0 Å². The maximum atomic E-state index is 13.9. The molecular weight excluding hydrogens is 299 g/mol. The van der Waals surface area contributed by atoms with E-state index in [-0.39, 0.29) is 18.0 Å². The Morgan fingerprint density at radius 2 is 1.71 bits per heavy atom. The van der Waals surface area contributed by atoms with Crippen LogP contribution in [0.1, 0.15) is 13.3 Å². The molecule has 0 fully saturated rings. The van der Waals surface area contributed by atoms with Gasteiger partial charge in [-0.2, -0.15) is 0 Å². The number of methoxy groups -OCH3 is 2. The largest absolute Gasteiger partial charge is 0.493 e. The number of hydrogen-bond acceptors (Lipinski definition) is 5. The third kappa shape index (κ3) is 4.83. The van der Waals surface area contributed by atoms with Crippen molar-refractivity contribution in [3.63, 3.8) is 0 Å². The van der Waals surface area contributed by atoms with Gasteiger partial charge in [-0.3, -0.25) is 0 Å². The summed E-state index contributed by atoms with van der Waals surface area (Å²) < 4.78 is 50.3. The highest BCUT2D eigenvalue weighted by molar-refractivity contribution is 7.89. The number of benzene rings is 1. The minimum atomic E-state index is -3.94. The first kappa shape index (κ1) is 17.7. The summed E-state index contributed by atoms with van der Waals surface area (Å²) in [6, 6.07) is 2.10. The quantitative estimate of drug-likeness (QED) is 0.667. The van der Waals surface area contributed by atoms with Crippen molar-refractivity contribution in [3.8, 4) is 11.5 Å². The minimum absolute atomic E-state index is 0.138. The predicted octanol–water partition coefficient (Wildman–Crippen LogP) is 1.12. The Labute approximate surface area is 124 Å². The van der Waals surface area contributed by atoms with Crippen LogP contribution in [-0.2, 0) is 10.0 Å². The monoisotopic (exact) mass is 320 g/mol. The first-order valence-electron chi connectivity index (χ1n) is 6.58. The molecule has 0 amide bonds. The predicted molar refractivity (Wildman–Crippen MR) is 77.9 cm³/mol.